The van der Waals surface area contributed by atoms with Crippen LogP contribution in [0.2, 0.25) is 0 Å². The Morgan fingerprint density at radius 3 is 1.74 bits per heavy atom. The quantitative estimate of drug-likeness (QED) is 0.153. The molecule has 7 nitrogen and oxygen atoms in total. The molecule has 5 aromatic carbocycles. The normalized spacial score (nSPS) is 21.2. The molecule has 1 N–H and O–H groups in total. The maximum Gasteiger partial charge on any atom is 0.337 e. The molecule has 0 unspecified atom stereocenters. The second-order valence-corrected chi connectivity index (χ2v) is 11.5. The van der Waals surface area contributed by atoms with Crippen molar-refractivity contribution in [3.8, 4) is 5.75 Å². The molecule has 0 aromatic heterocycles. The zero-order valence-electron chi connectivity index (χ0n) is 26.0. The highest BCUT2D eigenvalue weighted by Crippen LogP contribution is 2.44. The van der Waals surface area contributed by atoms with Gasteiger partial charge in [0.2, 0.25) is 0 Å². The number of rotatable bonds is 11. The molecule has 46 heavy (non-hydrogen) atoms. The first-order valence-corrected chi connectivity index (χ1v) is 15.5. The number of phenols is 1. The molecular formula is C39H38O7. The highest BCUT2D eigenvalue weighted by Gasteiger charge is 2.48. The van der Waals surface area contributed by atoms with Gasteiger partial charge in [0.25, 0.3) is 0 Å². The molecule has 1 aliphatic rings. The van der Waals surface area contributed by atoms with E-state index >= 15 is 0 Å². The van der Waals surface area contributed by atoms with Gasteiger partial charge in [0.1, 0.15) is 30.2 Å². The third-order valence-electron chi connectivity index (χ3n) is 8.37. The summed E-state index contributed by atoms with van der Waals surface area (Å²) in [4.78, 5) is 12.3. The van der Waals surface area contributed by atoms with Crippen LogP contribution in [0.15, 0.2) is 121 Å². The van der Waals surface area contributed by atoms with Gasteiger partial charge in [-0.25, -0.2) is 4.79 Å². The van der Waals surface area contributed by atoms with Gasteiger partial charge in [0.05, 0.1) is 38.6 Å². The van der Waals surface area contributed by atoms with Crippen LogP contribution in [0.4, 0.5) is 0 Å². The fraction of sp³-hybridized carbons (Fsp3) is 0.256. The molecule has 1 saturated heterocycles. The van der Waals surface area contributed by atoms with E-state index in [4.69, 9.17) is 23.7 Å². The standard InChI is InChI=1S/C39H38O7/c1-26-35(43-23-27-12-6-3-7-13-27)37(44-24-28-14-8-4-9-15-28)38(45-25-29-16-10-5-11-17-29)36(46-26)34-32-20-18-31(39(41)42-2)22-30(32)19-21-33(34)40/h3-22,26,35-38,40H,23-25H2,1-2H3/t26-,35+,36+,37+,38+/m0/s1. The average Bonchev–Trinajstić information content (AvgIpc) is 3.10. The topological polar surface area (TPSA) is 83.5 Å². The number of aromatic hydroxyl groups is 1. The summed E-state index contributed by atoms with van der Waals surface area (Å²) < 4.78 is 31.8. The van der Waals surface area contributed by atoms with Crippen LogP contribution in [0, 0.1) is 0 Å². The van der Waals surface area contributed by atoms with Crippen molar-refractivity contribution in [3.05, 3.63) is 149 Å². The third kappa shape index (κ3) is 7.14. The molecule has 7 heteroatoms. The molecule has 5 atom stereocenters. The summed E-state index contributed by atoms with van der Waals surface area (Å²) in [6.07, 6.45) is -2.86. The molecule has 6 rings (SSSR count). The van der Waals surface area contributed by atoms with Gasteiger partial charge in [-0.1, -0.05) is 103 Å². The Bertz CT molecular complexity index is 1730. The predicted molar refractivity (Wildman–Crippen MR) is 175 cm³/mol. The zero-order chi connectivity index (χ0) is 31.9. The Hall–Kier alpha value is -4.53. The van der Waals surface area contributed by atoms with Crippen molar-refractivity contribution in [2.24, 2.45) is 0 Å². The molecule has 1 aliphatic heterocycles. The molecule has 0 spiro atoms. The van der Waals surface area contributed by atoms with Gasteiger partial charge in [-0.2, -0.15) is 0 Å². The second kappa shape index (κ2) is 14.7. The van der Waals surface area contributed by atoms with Crippen LogP contribution in [0.25, 0.3) is 10.8 Å². The Kier molecular flexibility index (Phi) is 10.1. The van der Waals surface area contributed by atoms with Crippen LogP contribution in [-0.2, 0) is 43.5 Å². The van der Waals surface area contributed by atoms with Crippen molar-refractivity contribution >= 4 is 16.7 Å². The number of benzene rings is 5. The van der Waals surface area contributed by atoms with E-state index in [0.717, 1.165) is 27.5 Å². The number of hydrogen-bond acceptors (Lipinski definition) is 7. The average molecular weight is 619 g/mol. The lowest BCUT2D eigenvalue weighted by Gasteiger charge is -2.46. The smallest absolute Gasteiger partial charge is 0.337 e. The number of carbonyl (C=O) groups excluding carboxylic acids is 1. The number of ether oxygens (including phenoxy) is 5. The van der Waals surface area contributed by atoms with Crippen LogP contribution >= 0.6 is 0 Å². The van der Waals surface area contributed by atoms with E-state index in [-0.39, 0.29) is 5.75 Å². The molecule has 0 radical (unpaired) electrons. The van der Waals surface area contributed by atoms with Crippen molar-refractivity contribution in [2.75, 3.05) is 7.11 Å². The summed E-state index contributed by atoms with van der Waals surface area (Å²) in [6.45, 7) is 2.97. The van der Waals surface area contributed by atoms with Gasteiger partial charge in [-0.15, -0.1) is 0 Å². The summed E-state index contributed by atoms with van der Waals surface area (Å²) in [5, 5.41) is 12.9. The highest BCUT2D eigenvalue weighted by atomic mass is 16.6. The van der Waals surface area contributed by atoms with Crippen LogP contribution in [0.1, 0.15) is 45.6 Å². The first-order valence-electron chi connectivity index (χ1n) is 15.5. The molecule has 236 valence electrons. The van der Waals surface area contributed by atoms with Crippen molar-refractivity contribution in [3.63, 3.8) is 0 Å². The van der Waals surface area contributed by atoms with Crippen molar-refractivity contribution in [1.29, 1.82) is 0 Å². The van der Waals surface area contributed by atoms with Crippen molar-refractivity contribution in [1.82, 2.24) is 0 Å². The number of fused-ring (bicyclic) bond motifs is 1. The fourth-order valence-corrected chi connectivity index (χ4v) is 6.03. The van der Waals surface area contributed by atoms with Gasteiger partial charge in [0.15, 0.2) is 0 Å². The lowest BCUT2D eigenvalue weighted by atomic mass is 9.87. The first kappa shape index (κ1) is 31.5. The number of methoxy groups -OCH3 is 1. The molecule has 0 bridgehead atoms. The van der Waals surface area contributed by atoms with Gasteiger partial charge in [-0.05, 0) is 52.6 Å². The van der Waals surface area contributed by atoms with Crippen LogP contribution in [-0.4, -0.2) is 42.6 Å². The lowest BCUT2D eigenvalue weighted by Crippen LogP contribution is -2.56. The number of carbonyl (C=O) groups is 1. The van der Waals surface area contributed by atoms with E-state index < -0.39 is 36.5 Å². The zero-order valence-corrected chi connectivity index (χ0v) is 26.0. The summed E-state index contributed by atoms with van der Waals surface area (Å²) in [5.41, 5.74) is 4.03. The summed E-state index contributed by atoms with van der Waals surface area (Å²) in [7, 11) is 1.35. The van der Waals surface area contributed by atoms with Gasteiger partial charge in [-0.3, -0.25) is 0 Å². The number of esters is 1. The van der Waals surface area contributed by atoms with E-state index in [1.165, 1.54) is 7.11 Å². The molecule has 0 aliphatic carbocycles. The van der Waals surface area contributed by atoms with Gasteiger partial charge >= 0.3 is 5.97 Å². The Morgan fingerprint density at radius 1 is 0.674 bits per heavy atom. The minimum absolute atomic E-state index is 0.0642. The summed E-state index contributed by atoms with van der Waals surface area (Å²) in [6, 6.07) is 38.6. The first-order chi connectivity index (χ1) is 22.5. The summed E-state index contributed by atoms with van der Waals surface area (Å²) in [5.74, 6) is -0.370. The minimum atomic E-state index is -0.719. The second-order valence-electron chi connectivity index (χ2n) is 11.5. The van der Waals surface area contributed by atoms with E-state index in [2.05, 4.69) is 0 Å². The Labute approximate surface area is 269 Å². The maximum absolute atomic E-state index is 12.3. The van der Waals surface area contributed by atoms with Crippen LogP contribution < -0.4 is 0 Å². The van der Waals surface area contributed by atoms with Crippen LogP contribution in [0.5, 0.6) is 5.75 Å². The molecule has 1 fully saturated rings. The third-order valence-corrected chi connectivity index (χ3v) is 8.37. The van der Waals surface area contributed by atoms with Gasteiger partial charge in [0, 0.05) is 5.56 Å². The van der Waals surface area contributed by atoms with E-state index in [1.807, 2.05) is 104 Å². The predicted octanol–water partition coefficient (Wildman–Crippen LogP) is 7.55. The van der Waals surface area contributed by atoms with Crippen molar-refractivity contribution in [2.45, 2.75) is 57.3 Å². The summed E-state index contributed by atoms with van der Waals surface area (Å²) >= 11 is 0. The highest BCUT2D eigenvalue weighted by molar-refractivity contribution is 5.97. The number of phenolic OH excluding ortho intramolecular Hbond substituents is 1. The molecule has 0 saturated carbocycles. The van der Waals surface area contributed by atoms with Crippen molar-refractivity contribution < 1.29 is 33.6 Å². The van der Waals surface area contributed by atoms with Crippen LogP contribution in [0.3, 0.4) is 0 Å². The SMILES string of the molecule is COC(=O)c1ccc2c([C@H]3O[C@@H](C)[C@@H](OCc4ccccc4)[C@@H](OCc4ccccc4)[C@@H]3OCc3ccccc3)c(O)ccc2c1. The Balaban J connectivity index is 1.41. The van der Waals surface area contributed by atoms with Gasteiger partial charge < -0.3 is 28.8 Å². The Morgan fingerprint density at radius 2 is 1.20 bits per heavy atom. The monoisotopic (exact) mass is 618 g/mol. The van der Waals surface area contributed by atoms with E-state index in [1.54, 1.807) is 24.3 Å². The van der Waals surface area contributed by atoms with E-state index in [9.17, 15) is 9.90 Å². The molecule has 1 heterocycles. The molecule has 0 amide bonds. The fourth-order valence-electron chi connectivity index (χ4n) is 6.03. The molecular weight excluding hydrogens is 580 g/mol. The van der Waals surface area contributed by atoms with E-state index in [0.29, 0.717) is 30.9 Å². The maximum atomic E-state index is 12.3. The minimum Gasteiger partial charge on any atom is -0.508 e. The number of hydrogen-bond donors (Lipinski definition) is 1. The largest absolute Gasteiger partial charge is 0.508 e. The lowest BCUT2D eigenvalue weighted by molar-refractivity contribution is -0.263. The molecule has 5 aromatic rings.